The summed E-state index contributed by atoms with van der Waals surface area (Å²) in [6.07, 6.45) is 3.35. The number of nitrogens with zero attached hydrogens (tertiary/aromatic N) is 1. The number of rotatable bonds is 1. The first-order valence-corrected chi connectivity index (χ1v) is 4.72. The fourth-order valence-electron chi connectivity index (χ4n) is 1.24. The van der Waals surface area contributed by atoms with Crippen LogP contribution >= 0.6 is 15.9 Å². The number of aromatic amines is 1. The molecule has 72 valence electrons. The maximum atomic E-state index is 11.2. The molecule has 0 spiro atoms. The number of fused-ring (bicyclic) bond motifs is 1. The molecule has 0 aliphatic carbocycles. The monoisotopic (exact) mass is 254 g/mol. The highest BCUT2D eigenvalue weighted by molar-refractivity contribution is 9.10. The van der Waals surface area contributed by atoms with Crippen molar-refractivity contribution < 1.29 is 9.53 Å². The number of carbonyl (C=O) groups is 1. The molecule has 0 atom stereocenters. The highest BCUT2D eigenvalue weighted by atomic mass is 79.9. The van der Waals surface area contributed by atoms with Gasteiger partial charge in [-0.3, -0.25) is 4.98 Å². The van der Waals surface area contributed by atoms with E-state index in [9.17, 15) is 4.79 Å². The van der Waals surface area contributed by atoms with E-state index in [-0.39, 0.29) is 5.97 Å². The number of methoxy groups -OCH3 is 1. The summed E-state index contributed by atoms with van der Waals surface area (Å²) in [7, 11) is 1.35. The minimum absolute atomic E-state index is 0.381. The molecule has 1 N–H and O–H groups in total. The molecule has 2 aromatic rings. The molecule has 0 aliphatic rings. The van der Waals surface area contributed by atoms with Crippen molar-refractivity contribution in [1.82, 2.24) is 9.97 Å². The Hall–Kier alpha value is -1.36. The van der Waals surface area contributed by atoms with Gasteiger partial charge in [0.1, 0.15) is 5.69 Å². The molecule has 0 amide bonds. The summed E-state index contributed by atoms with van der Waals surface area (Å²) >= 11 is 3.34. The Balaban J connectivity index is 2.62. The van der Waals surface area contributed by atoms with Crippen molar-refractivity contribution in [3.8, 4) is 0 Å². The normalized spacial score (nSPS) is 10.4. The molecule has 0 bridgehead atoms. The van der Waals surface area contributed by atoms with Crippen molar-refractivity contribution in [2.45, 2.75) is 0 Å². The van der Waals surface area contributed by atoms with E-state index < -0.39 is 0 Å². The number of pyridine rings is 1. The lowest BCUT2D eigenvalue weighted by Crippen LogP contribution is -2.00. The van der Waals surface area contributed by atoms with Gasteiger partial charge < -0.3 is 9.72 Å². The summed E-state index contributed by atoms with van der Waals surface area (Å²) in [6, 6.07) is 1.71. The topological polar surface area (TPSA) is 55.0 Å². The van der Waals surface area contributed by atoms with E-state index in [0.717, 1.165) is 15.4 Å². The second-order valence-corrected chi connectivity index (χ2v) is 3.61. The van der Waals surface area contributed by atoms with Crippen molar-refractivity contribution in [2.75, 3.05) is 7.11 Å². The van der Waals surface area contributed by atoms with Gasteiger partial charge in [-0.25, -0.2) is 4.79 Å². The third kappa shape index (κ3) is 1.39. The second kappa shape index (κ2) is 3.42. The number of aromatic nitrogens is 2. The van der Waals surface area contributed by atoms with Crippen LogP contribution in [0.4, 0.5) is 0 Å². The Morgan fingerprint density at radius 1 is 1.57 bits per heavy atom. The molecule has 0 radical (unpaired) electrons. The Labute approximate surface area is 88.4 Å². The third-order valence-corrected chi connectivity index (χ3v) is 2.50. The van der Waals surface area contributed by atoms with E-state index >= 15 is 0 Å². The fraction of sp³-hybridized carbons (Fsp3) is 0.111. The highest BCUT2D eigenvalue weighted by Gasteiger charge is 2.10. The Kier molecular flexibility index (Phi) is 2.25. The fourth-order valence-corrected chi connectivity index (χ4v) is 1.68. The first kappa shape index (κ1) is 9.21. The summed E-state index contributed by atoms with van der Waals surface area (Å²) in [4.78, 5) is 18.2. The van der Waals surface area contributed by atoms with Gasteiger partial charge in [0.15, 0.2) is 0 Å². The summed E-state index contributed by atoms with van der Waals surface area (Å²) in [5.74, 6) is -0.381. The smallest absolute Gasteiger partial charge is 0.354 e. The first-order valence-electron chi connectivity index (χ1n) is 3.93. The number of H-pyrrole nitrogens is 1. The lowest BCUT2D eigenvalue weighted by atomic mass is 10.3. The van der Waals surface area contributed by atoms with E-state index in [4.69, 9.17) is 0 Å². The minimum atomic E-state index is -0.381. The van der Waals surface area contributed by atoms with Crippen molar-refractivity contribution in [2.24, 2.45) is 0 Å². The zero-order valence-electron chi connectivity index (χ0n) is 7.37. The van der Waals surface area contributed by atoms with Crippen LogP contribution in [0.2, 0.25) is 0 Å². The number of hydrogen-bond donors (Lipinski definition) is 1. The third-order valence-electron chi connectivity index (χ3n) is 1.89. The van der Waals surface area contributed by atoms with Gasteiger partial charge in [-0.1, -0.05) is 0 Å². The summed E-state index contributed by atoms with van der Waals surface area (Å²) in [5, 5.41) is 0.875. The zero-order valence-corrected chi connectivity index (χ0v) is 8.96. The number of halogens is 1. The standard InChI is InChI=1S/C9H7BrN2O2/c1-14-9(13)7-2-5-3-11-4-6(10)8(5)12-7/h2-4,12H,1H3. The van der Waals surface area contributed by atoms with Crippen LogP contribution in [-0.4, -0.2) is 23.0 Å². The summed E-state index contributed by atoms with van der Waals surface area (Å²) in [5.41, 5.74) is 1.27. The Bertz CT molecular complexity index is 493. The first-order chi connectivity index (χ1) is 6.72. The van der Waals surface area contributed by atoms with Crippen LogP contribution < -0.4 is 0 Å². The van der Waals surface area contributed by atoms with Gasteiger partial charge in [0, 0.05) is 17.8 Å². The molecular formula is C9H7BrN2O2. The molecule has 0 saturated heterocycles. The van der Waals surface area contributed by atoms with Crippen LogP contribution in [-0.2, 0) is 4.74 Å². The lowest BCUT2D eigenvalue weighted by molar-refractivity contribution is 0.0595. The van der Waals surface area contributed by atoms with Crippen LogP contribution in [0.3, 0.4) is 0 Å². The predicted molar refractivity (Wildman–Crippen MR) is 55.1 cm³/mol. The Morgan fingerprint density at radius 3 is 3.00 bits per heavy atom. The molecule has 4 nitrogen and oxygen atoms in total. The predicted octanol–water partition coefficient (Wildman–Crippen LogP) is 2.11. The maximum absolute atomic E-state index is 11.2. The van der Waals surface area contributed by atoms with Gasteiger partial charge in [-0.2, -0.15) is 0 Å². The molecule has 14 heavy (non-hydrogen) atoms. The zero-order chi connectivity index (χ0) is 10.1. The number of nitrogens with one attached hydrogen (secondary N) is 1. The van der Waals surface area contributed by atoms with Crippen LogP contribution in [0.25, 0.3) is 10.9 Å². The van der Waals surface area contributed by atoms with Gasteiger partial charge in [0.2, 0.25) is 0 Å². The molecule has 2 rings (SSSR count). The summed E-state index contributed by atoms with van der Waals surface area (Å²) < 4.78 is 5.42. The molecule has 0 saturated carbocycles. The van der Waals surface area contributed by atoms with Gasteiger partial charge in [-0.05, 0) is 22.0 Å². The van der Waals surface area contributed by atoms with E-state index in [2.05, 4.69) is 30.6 Å². The van der Waals surface area contributed by atoms with E-state index in [1.165, 1.54) is 7.11 Å². The molecule has 5 heteroatoms. The molecule has 0 unspecified atom stereocenters. The summed E-state index contributed by atoms with van der Waals surface area (Å²) in [6.45, 7) is 0. The van der Waals surface area contributed by atoms with Crippen LogP contribution in [0.1, 0.15) is 10.5 Å². The van der Waals surface area contributed by atoms with Gasteiger partial charge in [-0.15, -0.1) is 0 Å². The average Bonchev–Trinajstić information content (AvgIpc) is 2.62. The van der Waals surface area contributed by atoms with Crippen molar-refractivity contribution in [3.63, 3.8) is 0 Å². The largest absolute Gasteiger partial charge is 0.464 e. The molecule has 0 aliphatic heterocycles. The van der Waals surface area contributed by atoms with Gasteiger partial charge >= 0.3 is 5.97 Å². The number of ether oxygens (including phenoxy) is 1. The van der Waals surface area contributed by atoms with Crippen molar-refractivity contribution >= 4 is 32.8 Å². The van der Waals surface area contributed by atoms with Crippen molar-refractivity contribution in [3.05, 3.63) is 28.6 Å². The van der Waals surface area contributed by atoms with E-state index in [0.29, 0.717) is 5.69 Å². The molecule has 2 aromatic heterocycles. The average molecular weight is 255 g/mol. The van der Waals surface area contributed by atoms with Gasteiger partial charge in [0.25, 0.3) is 0 Å². The quantitative estimate of drug-likeness (QED) is 0.794. The number of esters is 1. The molecular weight excluding hydrogens is 248 g/mol. The van der Waals surface area contributed by atoms with Crippen LogP contribution in [0.15, 0.2) is 22.9 Å². The molecule has 2 heterocycles. The van der Waals surface area contributed by atoms with E-state index in [1.807, 2.05) is 0 Å². The van der Waals surface area contributed by atoms with Crippen molar-refractivity contribution in [1.29, 1.82) is 0 Å². The van der Waals surface area contributed by atoms with Crippen LogP contribution in [0, 0.1) is 0 Å². The molecule has 0 aromatic carbocycles. The molecule has 0 fully saturated rings. The number of hydrogen-bond acceptors (Lipinski definition) is 3. The lowest BCUT2D eigenvalue weighted by Gasteiger charge is -1.93. The second-order valence-electron chi connectivity index (χ2n) is 2.76. The SMILES string of the molecule is COC(=O)c1cc2cncc(Br)c2[nH]1. The number of carbonyl (C=O) groups excluding carboxylic acids is 1. The van der Waals surface area contributed by atoms with Crippen LogP contribution in [0.5, 0.6) is 0 Å². The Morgan fingerprint density at radius 2 is 2.36 bits per heavy atom. The minimum Gasteiger partial charge on any atom is -0.464 e. The highest BCUT2D eigenvalue weighted by Crippen LogP contribution is 2.22. The van der Waals surface area contributed by atoms with Gasteiger partial charge in [0.05, 0.1) is 17.1 Å². The van der Waals surface area contributed by atoms with E-state index in [1.54, 1.807) is 18.5 Å². The maximum Gasteiger partial charge on any atom is 0.354 e.